The molecular formula is C25H25N3O3S2. The summed E-state index contributed by atoms with van der Waals surface area (Å²) in [5, 5.41) is 3.04. The highest BCUT2D eigenvalue weighted by molar-refractivity contribution is 8.00. The molecule has 170 valence electrons. The number of benzene rings is 2. The Bertz CT molecular complexity index is 1270. The van der Waals surface area contributed by atoms with Gasteiger partial charge in [0.15, 0.2) is 5.76 Å². The molecule has 33 heavy (non-hydrogen) atoms. The van der Waals surface area contributed by atoms with Gasteiger partial charge in [-0.05, 0) is 25.1 Å². The Labute approximate surface area is 201 Å². The average Bonchev–Trinajstić information content (AvgIpc) is 3.45. The van der Waals surface area contributed by atoms with Crippen LogP contribution in [0.3, 0.4) is 0 Å². The van der Waals surface area contributed by atoms with E-state index in [1.807, 2.05) is 59.7 Å². The number of amides is 1. The van der Waals surface area contributed by atoms with Crippen LogP contribution in [0.4, 0.5) is 5.69 Å². The number of methoxy groups -OCH3 is 1. The van der Waals surface area contributed by atoms with Crippen molar-refractivity contribution in [2.45, 2.75) is 17.0 Å². The summed E-state index contributed by atoms with van der Waals surface area (Å²) in [7, 11) is 1.69. The smallest absolute Gasteiger partial charge is 0.290 e. The van der Waals surface area contributed by atoms with Crippen LogP contribution in [0.15, 0.2) is 62.7 Å². The molecule has 0 atom stereocenters. The predicted molar refractivity (Wildman–Crippen MR) is 134 cm³/mol. The number of aromatic nitrogens is 1. The summed E-state index contributed by atoms with van der Waals surface area (Å²) in [6.07, 6.45) is 0. The van der Waals surface area contributed by atoms with Gasteiger partial charge in [-0.1, -0.05) is 42.1 Å². The maximum Gasteiger partial charge on any atom is 0.290 e. The minimum Gasteiger partial charge on any atom is -0.495 e. The summed E-state index contributed by atoms with van der Waals surface area (Å²) in [5.74, 6) is 1.90. The van der Waals surface area contributed by atoms with E-state index in [1.54, 1.807) is 30.2 Å². The van der Waals surface area contributed by atoms with Crippen molar-refractivity contribution in [3.8, 4) is 5.75 Å². The minimum absolute atomic E-state index is 0.0446. The van der Waals surface area contributed by atoms with Gasteiger partial charge < -0.3 is 19.0 Å². The molecule has 1 aliphatic heterocycles. The molecule has 3 heterocycles. The van der Waals surface area contributed by atoms with Gasteiger partial charge in [-0.3, -0.25) is 4.79 Å². The first-order valence-electron chi connectivity index (χ1n) is 10.9. The molecule has 2 aromatic heterocycles. The molecule has 1 fully saturated rings. The third-order valence-corrected chi connectivity index (χ3v) is 7.99. The first-order chi connectivity index (χ1) is 16.1. The Morgan fingerprint density at radius 2 is 1.88 bits per heavy atom. The molecule has 8 heteroatoms. The Morgan fingerprint density at radius 3 is 2.64 bits per heavy atom. The molecule has 6 nitrogen and oxygen atoms in total. The number of furan rings is 1. The summed E-state index contributed by atoms with van der Waals surface area (Å²) in [5.41, 5.74) is 3.77. The number of carbonyl (C=O) groups excluding carboxylic acids is 1. The van der Waals surface area contributed by atoms with Crippen LogP contribution in [-0.4, -0.2) is 49.1 Å². The highest BCUT2D eigenvalue weighted by Crippen LogP contribution is 2.34. The Morgan fingerprint density at radius 1 is 1.12 bits per heavy atom. The van der Waals surface area contributed by atoms with E-state index in [-0.39, 0.29) is 5.91 Å². The molecule has 5 rings (SSSR count). The second-order valence-electron chi connectivity index (χ2n) is 7.90. The van der Waals surface area contributed by atoms with Crippen LogP contribution in [-0.2, 0) is 5.75 Å². The Balaban J connectivity index is 1.35. The van der Waals surface area contributed by atoms with Gasteiger partial charge in [0, 0.05) is 54.0 Å². The van der Waals surface area contributed by atoms with Crippen molar-refractivity contribution in [3.63, 3.8) is 0 Å². The second kappa shape index (κ2) is 9.49. The van der Waals surface area contributed by atoms with Crippen LogP contribution in [0.5, 0.6) is 5.75 Å². The molecule has 1 saturated heterocycles. The molecule has 0 radical (unpaired) electrons. The number of nitrogens with zero attached hydrogens (tertiary/aromatic N) is 3. The largest absolute Gasteiger partial charge is 0.495 e. The van der Waals surface area contributed by atoms with E-state index >= 15 is 0 Å². The van der Waals surface area contributed by atoms with Gasteiger partial charge in [-0.25, -0.2) is 4.98 Å². The van der Waals surface area contributed by atoms with E-state index in [4.69, 9.17) is 9.15 Å². The molecule has 0 unspecified atom stereocenters. The number of ether oxygens (including phenoxy) is 1. The van der Waals surface area contributed by atoms with E-state index in [0.717, 1.165) is 51.1 Å². The van der Waals surface area contributed by atoms with Crippen LogP contribution >= 0.6 is 23.1 Å². The molecule has 0 aliphatic carbocycles. The van der Waals surface area contributed by atoms with Gasteiger partial charge >= 0.3 is 0 Å². The minimum atomic E-state index is -0.0446. The first-order valence-corrected chi connectivity index (χ1v) is 12.7. The highest BCUT2D eigenvalue weighted by atomic mass is 32.2. The van der Waals surface area contributed by atoms with Gasteiger partial charge in [0.25, 0.3) is 5.91 Å². The van der Waals surface area contributed by atoms with E-state index in [0.29, 0.717) is 24.6 Å². The molecule has 0 spiro atoms. The zero-order valence-electron chi connectivity index (χ0n) is 18.6. The number of rotatable bonds is 6. The number of aryl methyl sites for hydroxylation is 1. The number of fused-ring (bicyclic) bond motifs is 1. The van der Waals surface area contributed by atoms with Gasteiger partial charge in [-0.2, -0.15) is 0 Å². The fraction of sp³-hybridized carbons (Fsp3) is 0.280. The maximum absolute atomic E-state index is 13.5. The van der Waals surface area contributed by atoms with Crippen molar-refractivity contribution in [2.75, 3.05) is 38.2 Å². The number of para-hydroxylation sites is 3. The SMILES string of the molecule is COc1ccccc1N1CCN(C(=O)c2oc3ccccc3c2CSc2nc(C)cs2)CC1. The van der Waals surface area contributed by atoms with E-state index in [9.17, 15) is 4.79 Å². The zero-order chi connectivity index (χ0) is 22.8. The summed E-state index contributed by atoms with van der Waals surface area (Å²) < 4.78 is 12.6. The predicted octanol–water partition coefficient (Wildman–Crippen LogP) is 5.46. The highest BCUT2D eigenvalue weighted by Gasteiger charge is 2.29. The van der Waals surface area contributed by atoms with Crippen molar-refractivity contribution in [1.82, 2.24) is 9.88 Å². The molecule has 1 aliphatic rings. The van der Waals surface area contributed by atoms with Crippen molar-refractivity contribution in [1.29, 1.82) is 0 Å². The summed E-state index contributed by atoms with van der Waals surface area (Å²) >= 11 is 3.28. The Hall–Kier alpha value is -2.97. The lowest BCUT2D eigenvalue weighted by atomic mass is 10.1. The van der Waals surface area contributed by atoms with Crippen LogP contribution < -0.4 is 9.64 Å². The topological polar surface area (TPSA) is 58.8 Å². The molecule has 4 aromatic rings. The van der Waals surface area contributed by atoms with E-state index < -0.39 is 0 Å². The molecule has 0 N–H and O–H groups in total. The normalized spacial score (nSPS) is 14.1. The fourth-order valence-electron chi connectivity index (χ4n) is 4.13. The van der Waals surface area contributed by atoms with Gasteiger partial charge in [0.05, 0.1) is 12.8 Å². The zero-order valence-corrected chi connectivity index (χ0v) is 20.2. The van der Waals surface area contributed by atoms with Crippen molar-refractivity contribution < 1.29 is 13.9 Å². The van der Waals surface area contributed by atoms with Crippen molar-refractivity contribution in [3.05, 3.63) is 70.9 Å². The third-order valence-electron chi connectivity index (χ3n) is 5.82. The molecule has 0 bridgehead atoms. The number of thioether (sulfide) groups is 1. The van der Waals surface area contributed by atoms with Crippen molar-refractivity contribution >= 4 is 45.7 Å². The van der Waals surface area contributed by atoms with Crippen LogP contribution in [0.25, 0.3) is 11.0 Å². The summed E-state index contributed by atoms with van der Waals surface area (Å²) in [4.78, 5) is 22.2. The number of anilines is 1. The summed E-state index contributed by atoms with van der Waals surface area (Å²) in [6.45, 7) is 4.75. The first kappa shape index (κ1) is 21.9. The lowest BCUT2D eigenvalue weighted by Crippen LogP contribution is -2.49. The number of thiazole rings is 1. The number of piperazine rings is 1. The number of carbonyl (C=O) groups is 1. The Kier molecular flexibility index (Phi) is 6.28. The molecule has 0 saturated carbocycles. The van der Waals surface area contributed by atoms with Crippen LogP contribution in [0.1, 0.15) is 21.8 Å². The number of hydrogen-bond acceptors (Lipinski definition) is 7. The molecule has 2 aromatic carbocycles. The van der Waals surface area contributed by atoms with Gasteiger partial charge in [0.1, 0.15) is 15.7 Å². The lowest BCUT2D eigenvalue weighted by Gasteiger charge is -2.36. The molecule has 1 amide bonds. The van der Waals surface area contributed by atoms with Gasteiger partial charge in [-0.15, -0.1) is 11.3 Å². The quantitative estimate of drug-likeness (QED) is 0.342. The maximum atomic E-state index is 13.5. The second-order valence-corrected chi connectivity index (χ2v) is 9.98. The lowest BCUT2D eigenvalue weighted by molar-refractivity contribution is 0.0716. The third kappa shape index (κ3) is 4.45. The van der Waals surface area contributed by atoms with Crippen LogP contribution in [0, 0.1) is 6.92 Å². The van der Waals surface area contributed by atoms with Crippen LogP contribution in [0.2, 0.25) is 0 Å². The van der Waals surface area contributed by atoms with E-state index in [1.165, 1.54) is 0 Å². The number of hydrogen-bond donors (Lipinski definition) is 0. The summed E-state index contributed by atoms with van der Waals surface area (Å²) in [6, 6.07) is 15.9. The van der Waals surface area contributed by atoms with Gasteiger partial charge in [0.2, 0.25) is 0 Å². The standard InChI is InChI=1S/C25H25N3O3S2/c1-17-15-32-25(26-17)33-16-19-18-7-3-5-9-21(18)31-23(19)24(29)28-13-11-27(12-14-28)20-8-4-6-10-22(20)30-2/h3-10,15H,11-14,16H2,1-2H3. The van der Waals surface area contributed by atoms with Crippen molar-refractivity contribution in [2.24, 2.45) is 0 Å². The van der Waals surface area contributed by atoms with E-state index in [2.05, 4.69) is 16.0 Å². The molecular weight excluding hydrogens is 454 g/mol. The fourth-order valence-corrected chi connectivity index (χ4v) is 6.01. The monoisotopic (exact) mass is 479 g/mol. The average molecular weight is 480 g/mol.